The van der Waals surface area contributed by atoms with Crippen molar-refractivity contribution in [2.45, 2.75) is 19.5 Å². The Labute approximate surface area is 88.7 Å². The van der Waals surface area contributed by atoms with E-state index in [0.29, 0.717) is 12.1 Å². The molecule has 0 aliphatic rings. The highest BCUT2D eigenvalue weighted by Gasteiger charge is 2.05. The maximum absolute atomic E-state index is 11.2. The third-order valence-corrected chi connectivity index (χ3v) is 1.96. The number of amides is 1. The van der Waals surface area contributed by atoms with Crippen molar-refractivity contribution in [3.8, 4) is 6.07 Å². The third kappa shape index (κ3) is 3.41. The Morgan fingerprint density at radius 2 is 2.13 bits per heavy atom. The molecule has 4 heteroatoms. The van der Waals surface area contributed by atoms with Crippen LogP contribution in [-0.2, 0) is 11.3 Å². The molecular weight excluding hydrogens is 190 g/mol. The number of rotatable bonds is 3. The Hall–Kier alpha value is -1.86. The first-order valence-corrected chi connectivity index (χ1v) is 4.66. The van der Waals surface area contributed by atoms with Crippen LogP contribution in [0.3, 0.4) is 0 Å². The van der Waals surface area contributed by atoms with Crippen LogP contribution in [0.25, 0.3) is 0 Å². The van der Waals surface area contributed by atoms with Crippen LogP contribution in [0.5, 0.6) is 0 Å². The van der Waals surface area contributed by atoms with Crippen molar-refractivity contribution in [3.63, 3.8) is 0 Å². The lowest BCUT2D eigenvalue weighted by molar-refractivity contribution is -0.122. The first-order valence-electron chi connectivity index (χ1n) is 4.66. The zero-order chi connectivity index (χ0) is 11.3. The number of nitrogens with two attached hydrogens (primary N) is 1. The highest BCUT2D eigenvalue weighted by molar-refractivity contribution is 5.80. The molecule has 0 saturated heterocycles. The summed E-state index contributed by atoms with van der Waals surface area (Å²) in [6, 6.07) is 8.58. The van der Waals surface area contributed by atoms with Gasteiger partial charge < -0.3 is 11.1 Å². The molecular formula is C11H13N3O. The number of nitrogens with zero attached hydrogens (tertiary/aromatic N) is 1. The van der Waals surface area contributed by atoms with E-state index in [0.717, 1.165) is 5.56 Å². The molecule has 1 rings (SSSR count). The van der Waals surface area contributed by atoms with Crippen molar-refractivity contribution in [2.24, 2.45) is 5.73 Å². The minimum absolute atomic E-state index is 0.181. The quantitative estimate of drug-likeness (QED) is 0.751. The van der Waals surface area contributed by atoms with Crippen LogP contribution in [-0.4, -0.2) is 11.9 Å². The van der Waals surface area contributed by atoms with Gasteiger partial charge in [-0.25, -0.2) is 0 Å². The number of benzene rings is 1. The predicted octanol–water partition coefficient (Wildman–Crippen LogP) is 0.522. The maximum atomic E-state index is 11.2. The van der Waals surface area contributed by atoms with Gasteiger partial charge >= 0.3 is 0 Å². The van der Waals surface area contributed by atoms with Crippen molar-refractivity contribution in [3.05, 3.63) is 35.4 Å². The molecule has 0 fully saturated rings. The lowest BCUT2D eigenvalue weighted by Gasteiger charge is -2.07. The summed E-state index contributed by atoms with van der Waals surface area (Å²) in [6.45, 7) is 2.07. The second kappa shape index (κ2) is 5.13. The molecule has 0 bridgehead atoms. The normalized spacial score (nSPS) is 11.5. The number of hydrogen-bond donors (Lipinski definition) is 2. The van der Waals surface area contributed by atoms with Gasteiger partial charge in [-0.15, -0.1) is 0 Å². The Bertz CT molecular complexity index is 376. The predicted molar refractivity (Wildman–Crippen MR) is 56.7 cm³/mol. The molecule has 1 aromatic rings. The van der Waals surface area contributed by atoms with E-state index in [9.17, 15) is 4.79 Å². The molecule has 1 aromatic carbocycles. The Morgan fingerprint density at radius 1 is 1.53 bits per heavy atom. The molecule has 3 N–H and O–H groups in total. The summed E-state index contributed by atoms with van der Waals surface area (Å²) < 4.78 is 0. The van der Waals surface area contributed by atoms with E-state index in [2.05, 4.69) is 5.32 Å². The van der Waals surface area contributed by atoms with Crippen LogP contribution in [0, 0.1) is 11.3 Å². The monoisotopic (exact) mass is 203 g/mol. The van der Waals surface area contributed by atoms with Gasteiger partial charge in [0.2, 0.25) is 5.91 Å². The van der Waals surface area contributed by atoms with E-state index in [4.69, 9.17) is 11.0 Å². The molecule has 0 saturated carbocycles. The van der Waals surface area contributed by atoms with Gasteiger partial charge in [-0.2, -0.15) is 5.26 Å². The molecule has 4 nitrogen and oxygen atoms in total. The van der Waals surface area contributed by atoms with Crippen LogP contribution < -0.4 is 11.1 Å². The van der Waals surface area contributed by atoms with E-state index < -0.39 is 6.04 Å². The van der Waals surface area contributed by atoms with Crippen molar-refractivity contribution >= 4 is 5.91 Å². The van der Waals surface area contributed by atoms with Gasteiger partial charge in [0.05, 0.1) is 17.7 Å². The molecule has 0 aromatic heterocycles. The molecule has 78 valence electrons. The van der Waals surface area contributed by atoms with E-state index in [1.54, 1.807) is 31.2 Å². The second-order valence-corrected chi connectivity index (χ2v) is 3.32. The van der Waals surface area contributed by atoms with Crippen molar-refractivity contribution < 1.29 is 4.79 Å². The van der Waals surface area contributed by atoms with Gasteiger partial charge in [0, 0.05) is 6.54 Å². The fourth-order valence-electron chi connectivity index (χ4n) is 1.05. The molecule has 0 heterocycles. The van der Waals surface area contributed by atoms with Crippen LogP contribution in [0.1, 0.15) is 18.1 Å². The van der Waals surface area contributed by atoms with Crippen LogP contribution >= 0.6 is 0 Å². The second-order valence-electron chi connectivity index (χ2n) is 3.32. The number of carbonyl (C=O) groups is 1. The molecule has 1 unspecified atom stereocenters. The smallest absolute Gasteiger partial charge is 0.236 e. The maximum Gasteiger partial charge on any atom is 0.236 e. The average Bonchev–Trinajstić information content (AvgIpc) is 2.26. The molecule has 0 spiro atoms. The first kappa shape index (κ1) is 11.2. The highest BCUT2D eigenvalue weighted by Crippen LogP contribution is 2.02. The van der Waals surface area contributed by atoms with Crippen molar-refractivity contribution in [1.29, 1.82) is 5.26 Å². The summed E-state index contributed by atoms with van der Waals surface area (Å²) in [7, 11) is 0. The van der Waals surface area contributed by atoms with Crippen LogP contribution in [0.2, 0.25) is 0 Å². The lowest BCUT2D eigenvalue weighted by Crippen LogP contribution is -2.37. The fourth-order valence-corrected chi connectivity index (χ4v) is 1.05. The molecule has 0 radical (unpaired) electrons. The molecule has 1 atom stereocenters. The summed E-state index contributed by atoms with van der Waals surface area (Å²) in [5.74, 6) is -0.181. The number of hydrogen-bond acceptors (Lipinski definition) is 3. The average molecular weight is 203 g/mol. The van der Waals surface area contributed by atoms with E-state index in [1.807, 2.05) is 6.07 Å². The minimum Gasteiger partial charge on any atom is -0.351 e. The standard InChI is InChI=1S/C11H13N3O/c1-8(13)11(15)14-7-10-4-2-9(6-12)3-5-10/h2-5,8H,7,13H2,1H3,(H,14,15). The van der Waals surface area contributed by atoms with Crippen molar-refractivity contribution in [1.82, 2.24) is 5.32 Å². The largest absolute Gasteiger partial charge is 0.351 e. The van der Waals surface area contributed by atoms with Gasteiger partial charge in [0.15, 0.2) is 0 Å². The van der Waals surface area contributed by atoms with E-state index in [1.165, 1.54) is 0 Å². The molecule has 15 heavy (non-hydrogen) atoms. The van der Waals surface area contributed by atoms with Gasteiger partial charge in [0.25, 0.3) is 0 Å². The van der Waals surface area contributed by atoms with Gasteiger partial charge in [0.1, 0.15) is 0 Å². The fraction of sp³-hybridized carbons (Fsp3) is 0.273. The minimum atomic E-state index is -0.497. The highest BCUT2D eigenvalue weighted by atomic mass is 16.2. The third-order valence-electron chi connectivity index (χ3n) is 1.96. The molecule has 0 aliphatic heterocycles. The van der Waals surface area contributed by atoms with Crippen molar-refractivity contribution in [2.75, 3.05) is 0 Å². The molecule has 1 amide bonds. The topological polar surface area (TPSA) is 78.9 Å². The Balaban J connectivity index is 2.52. The first-order chi connectivity index (χ1) is 7.13. The number of carbonyl (C=O) groups excluding carboxylic acids is 1. The Morgan fingerprint density at radius 3 is 2.60 bits per heavy atom. The Kier molecular flexibility index (Phi) is 3.83. The SMILES string of the molecule is CC(N)C(=O)NCc1ccc(C#N)cc1. The number of nitrogens with one attached hydrogen (secondary N) is 1. The molecule has 0 aliphatic carbocycles. The van der Waals surface area contributed by atoms with Gasteiger partial charge in [-0.1, -0.05) is 12.1 Å². The summed E-state index contributed by atoms with van der Waals surface area (Å²) in [6.07, 6.45) is 0. The zero-order valence-corrected chi connectivity index (χ0v) is 8.53. The zero-order valence-electron chi connectivity index (χ0n) is 8.53. The van der Waals surface area contributed by atoms with E-state index >= 15 is 0 Å². The van der Waals surface area contributed by atoms with Crippen LogP contribution in [0.4, 0.5) is 0 Å². The van der Waals surface area contributed by atoms with Gasteiger partial charge in [-0.05, 0) is 24.6 Å². The summed E-state index contributed by atoms with van der Waals surface area (Å²) >= 11 is 0. The summed E-state index contributed by atoms with van der Waals surface area (Å²) in [5.41, 5.74) is 6.95. The van der Waals surface area contributed by atoms with Crippen LogP contribution in [0.15, 0.2) is 24.3 Å². The summed E-state index contributed by atoms with van der Waals surface area (Å²) in [4.78, 5) is 11.2. The summed E-state index contributed by atoms with van der Waals surface area (Å²) in [5, 5.41) is 11.3. The van der Waals surface area contributed by atoms with E-state index in [-0.39, 0.29) is 5.91 Å². The lowest BCUT2D eigenvalue weighted by atomic mass is 10.1. The van der Waals surface area contributed by atoms with Gasteiger partial charge in [-0.3, -0.25) is 4.79 Å². The number of nitriles is 1.